The lowest BCUT2D eigenvalue weighted by molar-refractivity contribution is 0.255. The van der Waals surface area contributed by atoms with Gasteiger partial charge in [0.2, 0.25) is 0 Å². The lowest BCUT2D eigenvalue weighted by Gasteiger charge is -2.21. The standard InChI is InChI=1S/C16H22N2/c1-2-12-18(16-9-10-16)13-15-7-4-3-6-14(15)8-5-11-17/h3-4,6-7,16H,2,9-13,17H2,1H3. The maximum Gasteiger partial charge on any atom is 0.0555 e. The number of nitrogens with zero attached hydrogens (tertiary/aromatic N) is 1. The Kier molecular flexibility index (Phi) is 4.81. The van der Waals surface area contributed by atoms with E-state index in [0.29, 0.717) is 6.54 Å². The molecule has 0 atom stereocenters. The van der Waals surface area contributed by atoms with Crippen molar-refractivity contribution in [2.24, 2.45) is 5.73 Å². The van der Waals surface area contributed by atoms with Crippen LogP contribution in [-0.2, 0) is 6.54 Å². The van der Waals surface area contributed by atoms with Crippen molar-refractivity contribution in [3.8, 4) is 11.8 Å². The van der Waals surface area contributed by atoms with Crippen molar-refractivity contribution in [1.82, 2.24) is 4.90 Å². The summed E-state index contributed by atoms with van der Waals surface area (Å²) >= 11 is 0. The molecule has 96 valence electrons. The van der Waals surface area contributed by atoms with Crippen LogP contribution in [0.5, 0.6) is 0 Å². The summed E-state index contributed by atoms with van der Waals surface area (Å²) in [6.07, 6.45) is 3.93. The van der Waals surface area contributed by atoms with E-state index >= 15 is 0 Å². The van der Waals surface area contributed by atoms with Crippen LogP contribution < -0.4 is 5.73 Å². The van der Waals surface area contributed by atoms with E-state index in [9.17, 15) is 0 Å². The summed E-state index contributed by atoms with van der Waals surface area (Å²) in [5, 5.41) is 0. The van der Waals surface area contributed by atoms with Gasteiger partial charge >= 0.3 is 0 Å². The van der Waals surface area contributed by atoms with E-state index in [4.69, 9.17) is 5.73 Å². The molecule has 1 fully saturated rings. The lowest BCUT2D eigenvalue weighted by atomic mass is 10.1. The Morgan fingerprint density at radius 2 is 2.11 bits per heavy atom. The van der Waals surface area contributed by atoms with Crippen LogP contribution in [0.25, 0.3) is 0 Å². The molecule has 0 unspecified atom stereocenters. The Labute approximate surface area is 110 Å². The lowest BCUT2D eigenvalue weighted by Crippen LogP contribution is -2.26. The predicted octanol–water partition coefficient (Wildman–Crippen LogP) is 2.37. The van der Waals surface area contributed by atoms with E-state index in [1.807, 2.05) is 6.07 Å². The van der Waals surface area contributed by atoms with Gasteiger partial charge in [0.15, 0.2) is 0 Å². The molecule has 1 aliphatic carbocycles. The number of nitrogens with two attached hydrogens (primary N) is 1. The third-order valence-corrected chi connectivity index (χ3v) is 3.29. The monoisotopic (exact) mass is 242 g/mol. The number of hydrogen-bond donors (Lipinski definition) is 1. The average molecular weight is 242 g/mol. The molecule has 0 heterocycles. The summed E-state index contributed by atoms with van der Waals surface area (Å²) in [4.78, 5) is 2.59. The predicted molar refractivity (Wildman–Crippen MR) is 76.1 cm³/mol. The molecule has 0 spiro atoms. The zero-order chi connectivity index (χ0) is 12.8. The Hall–Kier alpha value is -1.30. The van der Waals surface area contributed by atoms with Crippen LogP contribution in [0.3, 0.4) is 0 Å². The third-order valence-electron chi connectivity index (χ3n) is 3.29. The van der Waals surface area contributed by atoms with Gasteiger partial charge in [-0.25, -0.2) is 0 Å². The number of benzene rings is 1. The molecule has 0 aromatic heterocycles. The summed E-state index contributed by atoms with van der Waals surface area (Å²) < 4.78 is 0. The van der Waals surface area contributed by atoms with Crippen LogP contribution in [-0.4, -0.2) is 24.0 Å². The molecule has 1 aromatic rings. The minimum atomic E-state index is 0.426. The summed E-state index contributed by atoms with van der Waals surface area (Å²) in [5.74, 6) is 6.13. The van der Waals surface area contributed by atoms with Crippen LogP contribution in [0.4, 0.5) is 0 Å². The fourth-order valence-corrected chi connectivity index (χ4v) is 2.26. The second kappa shape index (κ2) is 6.58. The maximum absolute atomic E-state index is 5.45. The smallest absolute Gasteiger partial charge is 0.0555 e. The Bertz CT molecular complexity index is 438. The van der Waals surface area contributed by atoms with Crippen LogP contribution in [0.2, 0.25) is 0 Å². The highest BCUT2D eigenvalue weighted by Crippen LogP contribution is 2.28. The van der Waals surface area contributed by atoms with Gasteiger partial charge in [-0.1, -0.05) is 37.0 Å². The highest BCUT2D eigenvalue weighted by atomic mass is 15.2. The van der Waals surface area contributed by atoms with Crippen molar-refractivity contribution in [2.45, 2.75) is 38.8 Å². The van der Waals surface area contributed by atoms with Gasteiger partial charge in [0.1, 0.15) is 0 Å². The van der Waals surface area contributed by atoms with Crippen LogP contribution >= 0.6 is 0 Å². The molecule has 0 amide bonds. The quantitative estimate of drug-likeness (QED) is 0.803. The summed E-state index contributed by atoms with van der Waals surface area (Å²) in [6.45, 7) is 4.88. The zero-order valence-electron chi connectivity index (χ0n) is 11.2. The van der Waals surface area contributed by atoms with Gasteiger partial charge in [-0.15, -0.1) is 0 Å². The molecular weight excluding hydrogens is 220 g/mol. The van der Waals surface area contributed by atoms with E-state index in [1.54, 1.807) is 0 Å². The molecule has 18 heavy (non-hydrogen) atoms. The first-order chi connectivity index (χ1) is 8.85. The second-order valence-electron chi connectivity index (χ2n) is 4.86. The van der Waals surface area contributed by atoms with E-state index < -0.39 is 0 Å². The van der Waals surface area contributed by atoms with Gasteiger partial charge in [0.05, 0.1) is 6.54 Å². The van der Waals surface area contributed by atoms with Crippen molar-refractivity contribution in [2.75, 3.05) is 13.1 Å². The molecule has 0 bridgehead atoms. The summed E-state index contributed by atoms with van der Waals surface area (Å²) in [5.41, 5.74) is 7.91. The first-order valence-corrected chi connectivity index (χ1v) is 6.86. The van der Waals surface area contributed by atoms with Crippen molar-refractivity contribution >= 4 is 0 Å². The Morgan fingerprint density at radius 1 is 1.33 bits per heavy atom. The molecule has 1 aromatic carbocycles. The van der Waals surface area contributed by atoms with E-state index in [0.717, 1.165) is 18.2 Å². The molecule has 2 heteroatoms. The van der Waals surface area contributed by atoms with Crippen LogP contribution in [0.1, 0.15) is 37.3 Å². The SMILES string of the molecule is CCCN(Cc1ccccc1C#CCN)C1CC1. The van der Waals surface area contributed by atoms with Gasteiger partial charge in [0.25, 0.3) is 0 Å². The van der Waals surface area contributed by atoms with Gasteiger partial charge in [-0.3, -0.25) is 4.90 Å². The molecule has 1 aliphatic rings. The first-order valence-electron chi connectivity index (χ1n) is 6.86. The number of rotatable bonds is 5. The van der Waals surface area contributed by atoms with Gasteiger partial charge in [-0.05, 0) is 37.4 Å². The van der Waals surface area contributed by atoms with Crippen molar-refractivity contribution in [1.29, 1.82) is 0 Å². The molecule has 0 saturated heterocycles. The zero-order valence-corrected chi connectivity index (χ0v) is 11.2. The summed E-state index contributed by atoms with van der Waals surface area (Å²) in [6, 6.07) is 9.23. The summed E-state index contributed by atoms with van der Waals surface area (Å²) in [7, 11) is 0. The fourth-order valence-electron chi connectivity index (χ4n) is 2.26. The van der Waals surface area contributed by atoms with E-state index in [2.05, 4.69) is 41.9 Å². The van der Waals surface area contributed by atoms with Crippen molar-refractivity contribution in [3.05, 3.63) is 35.4 Å². The Balaban J connectivity index is 2.11. The molecule has 2 N–H and O–H groups in total. The largest absolute Gasteiger partial charge is 0.320 e. The van der Waals surface area contributed by atoms with Crippen molar-refractivity contribution < 1.29 is 0 Å². The highest BCUT2D eigenvalue weighted by Gasteiger charge is 2.28. The molecule has 0 radical (unpaired) electrons. The maximum atomic E-state index is 5.45. The van der Waals surface area contributed by atoms with Crippen LogP contribution in [0, 0.1) is 11.8 Å². The van der Waals surface area contributed by atoms with Crippen molar-refractivity contribution in [3.63, 3.8) is 0 Å². The minimum Gasteiger partial charge on any atom is -0.320 e. The highest BCUT2D eigenvalue weighted by molar-refractivity contribution is 5.41. The third kappa shape index (κ3) is 3.60. The van der Waals surface area contributed by atoms with E-state index in [1.165, 1.54) is 31.4 Å². The topological polar surface area (TPSA) is 29.3 Å². The Morgan fingerprint density at radius 3 is 2.78 bits per heavy atom. The average Bonchev–Trinajstić information content (AvgIpc) is 3.21. The fraction of sp³-hybridized carbons (Fsp3) is 0.500. The van der Waals surface area contributed by atoms with Gasteiger partial charge in [0, 0.05) is 18.2 Å². The van der Waals surface area contributed by atoms with Gasteiger partial charge < -0.3 is 5.73 Å². The molecule has 2 rings (SSSR count). The second-order valence-corrected chi connectivity index (χ2v) is 4.86. The normalized spacial score (nSPS) is 14.4. The number of hydrogen-bond acceptors (Lipinski definition) is 2. The minimum absolute atomic E-state index is 0.426. The molecule has 0 aliphatic heterocycles. The molecule has 2 nitrogen and oxygen atoms in total. The molecular formula is C16H22N2. The molecule has 1 saturated carbocycles. The first kappa shape index (κ1) is 13.1. The van der Waals surface area contributed by atoms with Gasteiger partial charge in [-0.2, -0.15) is 0 Å². The van der Waals surface area contributed by atoms with Crippen LogP contribution in [0.15, 0.2) is 24.3 Å². The van der Waals surface area contributed by atoms with E-state index in [-0.39, 0.29) is 0 Å².